The van der Waals surface area contributed by atoms with Crippen LogP contribution in [0, 0.1) is 16.5 Å². The van der Waals surface area contributed by atoms with Gasteiger partial charge in [-0.3, -0.25) is 0 Å². The van der Waals surface area contributed by atoms with Gasteiger partial charge in [0, 0.05) is 12.1 Å². The van der Waals surface area contributed by atoms with E-state index in [0.29, 0.717) is 6.07 Å². The molecule has 0 amide bonds. The molecule has 1 N–H and O–H groups in total. The molecule has 0 aliphatic heterocycles. The molecular weight excluding hydrogens is 302 g/mol. The van der Waals surface area contributed by atoms with Crippen LogP contribution in [-0.4, -0.2) is 28.2 Å². The molecule has 0 spiro atoms. The maximum absolute atomic E-state index is 13.5. The van der Waals surface area contributed by atoms with Crippen LogP contribution in [0.4, 0.5) is 14.5 Å². The van der Waals surface area contributed by atoms with Crippen molar-refractivity contribution >= 4 is 11.7 Å². The number of hydrogen-bond acceptors (Lipinski definition) is 5. The molecule has 2 rings (SSSR count). The van der Waals surface area contributed by atoms with Gasteiger partial charge in [0.15, 0.2) is 11.6 Å². The van der Waals surface area contributed by atoms with Crippen LogP contribution in [0.1, 0.15) is 10.4 Å². The first-order chi connectivity index (χ1) is 10.4. The summed E-state index contributed by atoms with van der Waals surface area (Å²) in [6, 6.07) is 3.59. The van der Waals surface area contributed by atoms with E-state index in [4.69, 9.17) is 9.94 Å². The van der Waals surface area contributed by atoms with Gasteiger partial charge in [0.05, 0.1) is 12.0 Å². The molecular formula is C13H9F2N2O5+. The molecule has 22 heavy (non-hydrogen) atoms. The lowest BCUT2D eigenvalue weighted by atomic mass is 10.2. The van der Waals surface area contributed by atoms with Crippen LogP contribution in [0.3, 0.4) is 0 Å². The molecule has 9 heteroatoms. The van der Waals surface area contributed by atoms with Gasteiger partial charge in [-0.15, -0.1) is 0 Å². The first kappa shape index (κ1) is 15.3. The molecule has 1 heterocycles. The predicted molar refractivity (Wildman–Crippen MR) is 67.1 cm³/mol. The lowest BCUT2D eigenvalue weighted by Gasteiger charge is -2.06. The van der Waals surface area contributed by atoms with Gasteiger partial charge < -0.3 is 9.47 Å². The summed E-state index contributed by atoms with van der Waals surface area (Å²) in [5.41, 5.74) is -0.814. The zero-order chi connectivity index (χ0) is 16.3. The molecule has 0 unspecified atom stereocenters. The Hall–Kier alpha value is -3.10. The molecule has 2 aromatic rings. The van der Waals surface area contributed by atoms with Crippen molar-refractivity contribution in [2.75, 3.05) is 7.11 Å². The third-order valence-electron chi connectivity index (χ3n) is 2.58. The zero-order valence-electron chi connectivity index (χ0n) is 11.1. The largest absolute Gasteiger partial charge is 0.465 e. The van der Waals surface area contributed by atoms with Crippen LogP contribution in [-0.2, 0) is 4.74 Å². The van der Waals surface area contributed by atoms with E-state index in [1.165, 1.54) is 0 Å². The van der Waals surface area contributed by atoms with Crippen LogP contribution in [0.25, 0.3) is 0 Å². The molecule has 114 valence electrons. The Morgan fingerprint density at radius 2 is 2.05 bits per heavy atom. The molecule has 0 radical (unpaired) electrons. The van der Waals surface area contributed by atoms with Crippen molar-refractivity contribution in [2.45, 2.75) is 0 Å². The number of esters is 1. The fourth-order valence-corrected chi connectivity index (χ4v) is 1.58. The highest BCUT2D eigenvalue weighted by molar-refractivity contribution is 5.93. The van der Waals surface area contributed by atoms with Crippen molar-refractivity contribution < 1.29 is 33.2 Å². The van der Waals surface area contributed by atoms with Crippen LogP contribution >= 0.6 is 0 Å². The highest BCUT2D eigenvalue weighted by Crippen LogP contribution is 2.27. The standard InChI is InChI=1S/C13H9F2N2O5/c1-21-13(18)8-5-12(16-6-10(8)17(19)20)22-11-3-2-7(14)4-9(11)15/h2-6H,1H3,(H,19,20)/q+1. The van der Waals surface area contributed by atoms with E-state index < -0.39 is 28.2 Å². The Kier molecular flexibility index (Phi) is 4.25. The highest BCUT2D eigenvalue weighted by Gasteiger charge is 2.26. The van der Waals surface area contributed by atoms with Crippen molar-refractivity contribution in [1.29, 1.82) is 0 Å². The van der Waals surface area contributed by atoms with Crippen molar-refractivity contribution in [3.05, 3.63) is 52.6 Å². The topological polar surface area (TPSA) is 88.7 Å². The Labute approximate surface area is 122 Å². The summed E-state index contributed by atoms with van der Waals surface area (Å²) in [5.74, 6) is -3.28. The minimum Gasteiger partial charge on any atom is -0.465 e. The predicted octanol–water partition coefficient (Wildman–Crippen LogP) is 2.74. The number of halogens is 2. The summed E-state index contributed by atoms with van der Waals surface area (Å²) < 4.78 is 35.8. The second-order valence-electron chi connectivity index (χ2n) is 3.98. The first-order valence-electron chi connectivity index (χ1n) is 5.79. The number of carbonyl (C=O) groups excluding carboxylic acids is 1. The van der Waals surface area contributed by atoms with E-state index in [9.17, 15) is 18.5 Å². The number of pyridine rings is 1. The van der Waals surface area contributed by atoms with E-state index >= 15 is 0 Å². The lowest BCUT2D eigenvalue weighted by Crippen LogP contribution is -2.08. The van der Waals surface area contributed by atoms with Gasteiger partial charge in [-0.1, -0.05) is 0 Å². The van der Waals surface area contributed by atoms with Crippen molar-refractivity contribution in [3.63, 3.8) is 0 Å². The lowest BCUT2D eigenvalue weighted by molar-refractivity contribution is -0.730. The summed E-state index contributed by atoms with van der Waals surface area (Å²) in [4.78, 5) is 25.6. The van der Waals surface area contributed by atoms with Crippen molar-refractivity contribution in [3.8, 4) is 11.6 Å². The van der Waals surface area contributed by atoms with Gasteiger partial charge in [-0.2, -0.15) is 0 Å². The third kappa shape index (κ3) is 3.14. The van der Waals surface area contributed by atoms with E-state index in [2.05, 4.69) is 9.72 Å². The van der Waals surface area contributed by atoms with Crippen molar-refractivity contribution in [2.24, 2.45) is 0 Å². The maximum atomic E-state index is 13.5. The summed E-state index contributed by atoms with van der Waals surface area (Å²) in [6.07, 6.45) is 0.843. The van der Waals surface area contributed by atoms with Crippen LogP contribution in [0.15, 0.2) is 30.5 Å². The van der Waals surface area contributed by atoms with Crippen molar-refractivity contribution in [1.82, 2.24) is 4.98 Å². The fourth-order valence-electron chi connectivity index (χ4n) is 1.58. The molecule has 1 aromatic carbocycles. The normalized spacial score (nSPS) is 10.1. The van der Waals surface area contributed by atoms with E-state index in [1.807, 2.05) is 0 Å². The van der Waals surface area contributed by atoms with E-state index in [0.717, 1.165) is 31.5 Å². The Morgan fingerprint density at radius 1 is 1.32 bits per heavy atom. The summed E-state index contributed by atoms with van der Waals surface area (Å²) in [6.45, 7) is 0. The number of aromatic nitrogens is 1. The average Bonchev–Trinajstić information content (AvgIpc) is 2.49. The average molecular weight is 311 g/mol. The summed E-state index contributed by atoms with van der Waals surface area (Å²) >= 11 is 0. The van der Waals surface area contributed by atoms with Gasteiger partial charge >= 0.3 is 11.7 Å². The Morgan fingerprint density at radius 3 is 2.64 bits per heavy atom. The molecule has 0 aliphatic carbocycles. The number of methoxy groups -OCH3 is 1. The highest BCUT2D eigenvalue weighted by atomic mass is 19.1. The molecule has 0 saturated heterocycles. The van der Waals surface area contributed by atoms with Gasteiger partial charge in [-0.25, -0.2) is 23.8 Å². The molecule has 1 aromatic heterocycles. The number of nitrogens with zero attached hydrogens (tertiary/aromatic N) is 2. The minimum atomic E-state index is -0.974. The van der Waals surface area contributed by atoms with Crippen LogP contribution < -0.4 is 4.74 Å². The Balaban J connectivity index is 2.40. The number of hydrogen-bond donors (Lipinski definition) is 1. The smallest absolute Gasteiger partial charge is 0.349 e. The monoisotopic (exact) mass is 311 g/mol. The second-order valence-corrected chi connectivity index (χ2v) is 3.98. The first-order valence-corrected chi connectivity index (χ1v) is 5.79. The third-order valence-corrected chi connectivity index (χ3v) is 2.58. The number of ether oxygens (including phenoxy) is 2. The summed E-state index contributed by atoms with van der Waals surface area (Å²) in [5, 5.41) is 8.89. The van der Waals surface area contributed by atoms with E-state index in [-0.39, 0.29) is 17.2 Å². The molecule has 0 fully saturated rings. The molecule has 0 saturated carbocycles. The van der Waals surface area contributed by atoms with Gasteiger partial charge in [0.1, 0.15) is 17.6 Å². The second kappa shape index (κ2) is 6.12. The van der Waals surface area contributed by atoms with Gasteiger partial charge in [0.25, 0.3) is 4.92 Å². The number of carbonyl (C=O) groups is 1. The maximum Gasteiger partial charge on any atom is 0.349 e. The minimum absolute atomic E-state index is 0.253. The SMILES string of the molecule is COC(=O)c1cc(Oc2ccc(F)cc2F)ncc1[N+](=O)O. The van der Waals surface area contributed by atoms with Crippen LogP contribution in [0.2, 0.25) is 0 Å². The number of benzene rings is 1. The quantitative estimate of drug-likeness (QED) is 0.690. The zero-order valence-corrected chi connectivity index (χ0v) is 11.1. The fraction of sp³-hybridized carbons (Fsp3) is 0.0769. The molecule has 7 nitrogen and oxygen atoms in total. The Bertz CT molecular complexity index is 751. The summed E-state index contributed by atoms with van der Waals surface area (Å²) in [7, 11) is 1.07. The molecule has 0 aliphatic rings. The molecule has 0 bridgehead atoms. The van der Waals surface area contributed by atoms with E-state index in [1.54, 1.807) is 0 Å². The van der Waals surface area contributed by atoms with Gasteiger partial charge in [0.2, 0.25) is 5.88 Å². The molecule has 0 atom stereocenters. The van der Waals surface area contributed by atoms with Gasteiger partial charge in [-0.05, 0) is 12.1 Å². The van der Waals surface area contributed by atoms with Crippen LogP contribution in [0.5, 0.6) is 11.6 Å². The number of rotatable bonds is 4.